The molecular formula is C20H27N5O. The molecule has 0 unspecified atom stereocenters. The third-order valence-electron chi connectivity index (χ3n) is 4.91. The Morgan fingerprint density at radius 1 is 1.15 bits per heavy atom. The molecule has 2 aromatic rings. The highest BCUT2D eigenvalue weighted by atomic mass is 16.5. The molecule has 3 rings (SSSR count). The van der Waals surface area contributed by atoms with E-state index < -0.39 is 0 Å². The molecule has 26 heavy (non-hydrogen) atoms. The van der Waals surface area contributed by atoms with Gasteiger partial charge in [0.2, 0.25) is 5.89 Å². The number of benzene rings is 1. The molecule has 6 nitrogen and oxygen atoms in total. The van der Waals surface area contributed by atoms with Crippen LogP contribution in [-0.4, -0.2) is 46.1 Å². The van der Waals surface area contributed by atoms with E-state index in [2.05, 4.69) is 53.7 Å². The first-order chi connectivity index (χ1) is 12.4. The van der Waals surface area contributed by atoms with Gasteiger partial charge < -0.3 is 4.52 Å². The van der Waals surface area contributed by atoms with Gasteiger partial charge in [-0.05, 0) is 24.6 Å². The molecule has 1 aromatic heterocycles. The number of hydrogen-bond donors (Lipinski definition) is 0. The predicted octanol–water partition coefficient (Wildman–Crippen LogP) is 3.12. The molecule has 2 heterocycles. The van der Waals surface area contributed by atoms with E-state index in [9.17, 15) is 0 Å². The topological polar surface area (TPSA) is 69.2 Å². The van der Waals surface area contributed by atoms with Gasteiger partial charge in [0.15, 0.2) is 5.82 Å². The van der Waals surface area contributed by atoms with Crippen molar-refractivity contribution in [2.24, 2.45) is 0 Å². The van der Waals surface area contributed by atoms with Crippen LogP contribution in [0.15, 0.2) is 28.8 Å². The Hall–Kier alpha value is -2.23. The van der Waals surface area contributed by atoms with Crippen molar-refractivity contribution in [3.05, 3.63) is 47.1 Å². The van der Waals surface area contributed by atoms with Crippen molar-refractivity contribution in [2.75, 3.05) is 26.2 Å². The average molecular weight is 353 g/mol. The second-order valence-electron chi connectivity index (χ2n) is 8.00. The van der Waals surface area contributed by atoms with E-state index in [1.54, 1.807) is 0 Å². The number of nitriles is 1. The van der Waals surface area contributed by atoms with Gasteiger partial charge in [-0.25, -0.2) is 0 Å². The first-order valence-electron chi connectivity index (χ1n) is 9.16. The summed E-state index contributed by atoms with van der Waals surface area (Å²) in [6.45, 7) is 13.3. The highest BCUT2D eigenvalue weighted by Crippen LogP contribution is 2.24. The van der Waals surface area contributed by atoms with Crippen molar-refractivity contribution in [3.8, 4) is 6.07 Å². The molecule has 0 saturated carbocycles. The summed E-state index contributed by atoms with van der Waals surface area (Å²) < 4.78 is 5.51. The van der Waals surface area contributed by atoms with Gasteiger partial charge >= 0.3 is 0 Å². The highest BCUT2D eigenvalue weighted by Gasteiger charge is 2.28. The van der Waals surface area contributed by atoms with E-state index in [0.717, 1.165) is 38.5 Å². The molecule has 1 aliphatic heterocycles. The van der Waals surface area contributed by atoms with Crippen LogP contribution in [0.1, 0.15) is 56.6 Å². The second kappa shape index (κ2) is 7.56. The summed E-state index contributed by atoms with van der Waals surface area (Å²) in [5.41, 5.74) is 1.86. The van der Waals surface area contributed by atoms with Crippen molar-refractivity contribution in [1.82, 2.24) is 19.9 Å². The molecule has 1 fully saturated rings. The summed E-state index contributed by atoms with van der Waals surface area (Å²) in [5, 5.41) is 13.0. The Morgan fingerprint density at radius 3 is 2.35 bits per heavy atom. The van der Waals surface area contributed by atoms with Crippen LogP contribution >= 0.6 is 0 Å². The number of rotatable bonds is 4. The van der Waals surface area contributed by atoms with E-state index >= 15 is 0 Å². The summed E-state index contributed by atoms with van der Waals surface area (Å²) in [6.07, 6.45) is 0. The van der Waals surface area contributed by atoms with Gasteiger partial charge in [0.25, 0.3) is 0 Å². The Kier molecular flexibility index (Phi) is 5.40. The van der Waals surface area contributed by atoms with Gasteiger partial charge in [-0.3, -0.25) is 9.80 Å². The third-order valence-corrected chi connectivity index (χ3v) is 4.91. The van der Waals surface area contributed by atoms with Crippen molar-refractivity contribution >= 4 is 0 Å². The standard InChI is InChI=1S/C20H27N5O/c1-15(18-22-19(23-26-18)20(2,3)4)25-11-9-24(10-12-25)14-17-7-5-16(13-21)6-8-17/h5-8,15H,9-12,14H2,1-4H3/t15-/m1/s1. The first-order valence-corrected chi connectivity index (χ1v) is 9.16. The fourth-order valence-electron chi connectivity index (χ4n) is 3.12. The minimum absolute atomic E-state index is 0.0960. The Balaban J connectivity index is 1.54. The van der Waals surface area contributed by atoms with Gasteiger partial charge in [-0.1, -0.05) is 38.1 Å². The highest BCUT2D eigenvalue weighted by molar-refractivity contribution is 5.31. The number of aromatic nitrogens is 2. The molecule has 0 N–H and O–H groups in total. The van der Waals surface area contributed by atoms with E-state index in [1.807, 2.05) is 24.3 Å². The quantitative estimate of drug-likeness (QED) is 0.841. The fraction of sp³-hybridized carbons (Fsp3) is 0.550. The van der Waals surface area contributed by atoms with Crippen LogP contribution in [0, 0.1) is 11.3 Å². The Bertz CT molecular complexity index is 761. The molecule has 1 aromatic carbocycles. The van der Waals surface area contributed by atoms with Crippen LogP contribution in [-0.2, 0) is 12.0 Å². The van der Waals surface area contributed by atoms with Crippen molar-refractivity contribution < 1.29 is 4.52 Å². The van der Waals surface area contributed by atoms with Crippen molar-refractivity contribution in [1.29, 1.82) is 5.26 Å². The summed E-state index contributed by atoms with van der Waals surface area (Å²) >= 11 is 0. The number of nitrogens with zero attached hydrogens (tertiary/aromatic N) is 5. The maximum Gasteiger partial charge on any atom is 0.243 e. The van der Waals surface area contributed by atoms with E-state index in [-0.39, 0.29) is 11.5 Å². The summed E-state index contributed by atoms with van der Waals surface area (Å²) in [4.78, 5) is 9.44. The largest absolute Gasteiger partial charge is 0.338 e. The smallest absolute Gasteiger partial charge is 0.243 e. The molecule has 0 radical (unpaired) electrons. The summed E-state index contributed by atoms with van der Waals surface area (Å²) in [7, 11) is 0. The van der Waals surface area contributed by atoms with E-state index in [0.29, 0.717) is 11.5 Å². The van der Waals surface area contributed by atoms with Crippen LogP contribution < -0.4 is 0 Å². The second-order valence-corrected chi connectivity index (χ2v) is 8.00. The van der Waals surface area contributed by atoms with Gasteiger partial charge in [0, 0.05) is 38.1 Å². The van der Waals surface area contributed by atoms with Crippen molar-refractivity contribution in [3.63, 3.8) is 0 Å². The number of hydrogen-bond acceptors (Lipinski definition) is 6. The molecule has 0 spiro atoms. The lowest BCUT2D eigenvalue weighted by Crippen LogP contribution is -2.46. The van der Waals surface area contributed by atoms with Crippen LogP contribution in [0.5, 0.6) is 0 Å². The molecule has 1 atom stereocenters. The van der Waals surface area contributed by atoms with Crippen LogP contribution in [0.2, 0.25) is 0 Å². The SMILES string of the molecule is C[C@H](c1nc(C(C)(C)C)no1)N1CCN(Cc2ccc(C#N)cc2)CC1. The first kappa shape index (κ1) is 18.6. The van der Waals surface area contributed by atoms with Crippen LogP contribution in [0.25, 0.3) is 0 Å². The van der Waals surface area contributed by atoms with Crippen LogP contribution in [0.4, 0.5) is 0 Å². The van der Waals surface area contributed by atoms with E-state index in [4.69, 9.17) is 9.78 Å². The molecule has 0 aliphatic carbocycles. The molecule has 1 saturated heterocycles. The summed E-state index contributed by atoms with van der Waals surface area (Å²) in [6, 6.07) is 10.2. The van der Waals surface area contributed by atoms with Gasteiger partial charge in [0.05, 0.1) is 17.7 Å². The molecule has 0 amide bonds. The molecule has 1 aliphatic rings. The Morgan fingerprint density at radius 2 is 1.81 bits per heavy atom. The van der Waals surface area contributed by atoms with Gasteiger partial charge in [-0.15, -0.1) is 0 Å². The summed E-state index contributed by atoms with van der Waals surface area (Å²) in [5.74, 6) is 1.47. The maximum absolute atomic E-state index is 8.89. The van der Waals surface area contributed by atoms with Crippen molar-refractivity contribution in [2.45, 2.75) is 45.7 Å². The van der Waals surface area contributed by atoms with Gasteiger partial charge in [-0.2, -0.15) is 10.2 Å². The average Bonchev–Trinajstić information content (AvgIpc) is 3.13. The molecule has 6 heteroatoms. The lowest BCUT2D eigenvalue weighted by Gasteiger charge is -2.36. The zero-order valence-corrected chi connectivity index (χ0v) is 16.1. The third kappa shape index (κ3) is 4.29. The molecule has 138 valence electrons. The zero-order valence-electron chi connectivity index (χ0n) is 16.1. The number of piperazine rings is 1. The minimum atomic E-state index is -0.0960. The van der Waals surface area contributed by atoms with E-state index in [1.165, 1.54) is 5.56 Å². The lowest BCUT2D eigenvalue weighted by molar-refractivity contribution is 0.0845. The normalized spacial score (nSPS) is 17.8. The monoisotopic (exact) mass is 353 g/mol. The van der Waals surface area contributed by atoms with Crippen LogP contribution in [0.3, 0.4) is 0 Å². The lowest BCUT2D eigenvalue weighted by atomic mass is 9.96. The molecule has 0 bridgehead atoms. The predicted molar refractivity (Wildman–Crippen MR) is 99.4 cm³/mol. The zero-order chi connectivity index (χ0) is 18.7. The minimum Gasteiger partial charge on any atom is -0.338 e. The maximum atomic E-state index is 8.89. The Labute approximate surface area is 155 Å². The fourth-order valence-corrected chi connectivity index (χ4v) is 3.12. The van der Waals surface area contributed by atoms with Gasteiger partial charge in [0.1, 0.15) is 0 Å². The molecular weight excluding hydrogens is 326 g/mol.